The lowest BCUT2D eigenvalue weighted by Gasteiger charge is -2.12. The van der Waals surface area contributed by atoms with Gasteiger partial charge in [0.15, 0.2) is 0 Å². The van der Waals surface area contributed by atoms with Crippen molar-refractivity contribution in [1.82, 2.24) is 10.0 Å². The molecule has 0 aliphatic rings. The predicted molar refractivity (Wildman–Crippen MR) is 66.8 cm³/mol. The maximum atomic E-state index is 11.9. The number of sulfonamides is 1. The van der Waals surface area contributed by atoms with Crippen LogP contribution in [0.5, 0.6) is 5.75 Å². The van der Waals surface area contributed by atoms with Gasteiger partial charge in [0.25, 0.3) is 0 Å². The summed E-state index contributed by atoms with van der Waals surface area (Å²) in [4.78, 5) is 11.3. The van der Waals surface area contributed by atoms with Gasteiger partial charge < -0.3 is 10.1 Å². The smallest absolute Gasteiger partial charge is 0.241 e. The third-order valence-corrected chi connectivity index (χ3v) is 3.90. The Labute approximate surface area is 106 Å². The number of likely N-dealkylation sites (N-methyl/N-ethyl adjacent to an activating group) is 1. The molecule has 0 aromatic heterocycles. The van der Waals surface area contributed by atoms with Gasteiger partial charge in [-0.2, -0.15) is 4.72 Å². The highest BCUT2D eigenvalue weighted by molar-refractivity contribution is 7.89. The highest BCUT2D eigenvalue weighted by Crippen LogP contribution is 2.15. The zero-order valence-corrected chi connectivity index (χ0v) is 11.2. The number of nitrogens with one attached hydrogen (secondary N) is 2. The van der Waals surface area contributed by atoms with E-state index in [2.05, 4.69) is 10.0 Å². The van der Waals surface area contributed by atoms with Crippen molar-refractivity contribution in [3.63, 3.8) is 0 Å². The van der Waals surface area contributed by atoms with Crippen LogP contribution in [-0.2, 0) is 14.8 Å². The number of rotatable bonds is 5. The Balaban J connectivity index is 2.89. The van der Waals surface area contributed by atoms with Crippen molar-refractivity contribution in [3.05, 3.63) is 24.3 Å². The molecule has 2 N–H and O–H groups in total. The molecule has 0 unspecified atom stereocenters. The number of carbonyl (C=O) groups excluding carboxylic acids is 1. The summed E-state index contributed by atoms with van der Waals surface area (Å²) in [7, 11) is -0.766. The molecule has 7 heteroatoms. The lowest BCUT2D eigenvalue weighted by molar-refractivity contribution is -0.121. The van der Waals surface area contributed by atoms with Crippen molar-refractivity contribution < 1.29 is 17.9 Å². The summed E-state index contributed by atoms with van der Waals surface area (Å²) in [5.41, 5.74) is 0. The fraction of sp³-hybridized carbons (Fsp3) is 0.364. The summed E-state index contributed by atoms with van der Waals surface area (Å²) in [6, 6.07) is 5.08. The molecule has 100 valence electrons. The third kappa shape index (κ3) is 3.44. The second-order valence-electron chi connectivity index (χ2n) is 3.63. The topological polar surface area (TPSA) is 84.5 Å². The first-order chi connectivity index (χ1) is 8.40. The molecular formula is C11H16N2O4S. The van der Waals surface area contributed by atoms with Crippen LogP contribution in [0.4, 0.5) is 0 Å². The van der Waals surface area contributed by atoms with Crippen LogP contribution >= 0.6 is 0 Å². The molecule has 0 fully saturated rings. The van der Waals surface area contributed by atoms with Gasteiger partial charge in [0.1, 0.15) is 5.75 Å². The van der Waals surface area contributed by atoms with Crippen LogP contribution in [0.15, 0.2) is 29.2 Å². The highest BCUT2D eigenvalue weighted by atomic mass is 32.2. The van der Waals surface area contributed by atoms with Gasteiger partial charge in [-0.15, -0.1) is 0 Å². The molecule has 18 heavy (non-hydrogen) atoms. The van der Waals surface area contributed by atoms with Crippen LogP contribution in [0.25, 0.3) is 0 Å². The number of methoxy groups -OCH3 is 1. The molecule has 1 amide bonds. The van der Waals surface area contributed by atoms with Crippen molar-refractivity contribution in [1.29, 1.82) is 0 Å². The minimum atomic E-state index is -3.71. The first-order valence-electron chi connectivity index (χ1n) is 5.28. The van der Waals surface area contributed by atoms with Gasteiger partial charge in [0, 0.05) is 7.05 Å². The highest BCUT2D eigenvalue weighted by Gasteiger charge is 2.21. The zero-order valence-electron chi connectivity index (χ0n) is 10.4. The molecular weight excluding hydrogens is 256 g/mol. The molecule has 1 atom stereocenters. The number of hydrogen-bond donors (Lipinski definition) is 2. The summed E-state index contributed by atoms with van der Waals surface area (Å²) in [6.07, 6.45) is 0. The van der Waals surface area contributed by atoms with Crippen LogP contribution in [0.2, 0.25) is 0 Å². The van der Waals surface area contributed by atoms with E-state index >= 15 is 0 Å². The molecule has 0 saturated carbocycles. The van der Waals surface area contributed by atoms with Gasteiger partial charge in [-0.1, -0.05) is 0 Å². The van der Waals surface area contributed by atoms with Crippen molar-refractivity contribution in [2.24, 2.45) is 0 Å². The van der Waals surface area contributed by atoms with E-state index in [4.69, 9.17) is 4.74 Å². The van der Waals surface area contributed by atoms with E-state index in [-0.39, 0.29) is 4.90 Å². The van der Waals surface area contributed by atoms with E-state index < -0.39 is 22.0 Å². The Morgan fingerprint density at radius 2 is 1.83 bits per heavy atom. The second-order valence-corrected chi connectivity index (χ2v) is 5.35. The van der Waals surface area contributed by atoms with Crippen molar-refractivity contribution in [2.45, 2.75) is 17.9 Å². The Morgan fingerprint density at radius 3 is 2.28 bits per heavy atom. The fourth-order valence-electron chi connectivity index (χ4n) is 1.33. The normalized spacial score (nSPS) is 12.8. The molecule has 0 saturated heterocycles. The summed E-state index contributed by atoms with van der Waals surface area (Å²) < 4.78 is 31.1. The Morgan fingerprint density at radius 1 is 1.28 bits per heavy atom. The molecule has 0 aliphatic carbocycles. The minimum absolute atomic E-state index is 0.0825. The van der Waals surface area contributed by atoms with E-state index in [1.165, 1.54) is 33.2 Å². The van der Waals surface area contributed by atoms with Crippen LogP contribution in [0, 0.1) is 0 Å². The maximum Gasteiger partial charge on any atom is 0.241 e. The lowest BCUT2D eigenvalue weighted by atomic mass is 10.3. The largest absolute Gasteiger partial charge is 0.497 e. The standard InChI is InChI=1S/C11H16N2O4S/c1-8(11(14)12-2)13-18(15,16)10-6-4-9(17-3)5-7-10/h4-8,13H,1-3H3,(H,12,14)/t8-/m0/s1. The molecule has 6 nitrogen and oxygen atoms in total. The molecule has 0 aliphatic heterocycles. The molecule has 1 aromatic carbocycles. The Bertz CT molecular complexity index is 510. The Hall–Kier alpha value is -1.60. The molecule has 0 bridgehead atoms. The van der Waals surface area contributed by atoms with E-state index in [1.807, 2.05) is 0 Å². The number of amides is 1. The van der Waals surface area contributed by atoms with Gasteiger partial charge in [-0.3, -0.25) is 4.79 Å². The number of ether oxygens (including phenoxy) is 1. The summed E-state index contributed by atoms with van der Waals surface area (Å²) >= 11 is 0. The molecule has 0 spiro atoms. The number of carbonyl (C=O) groups is 1. The predicted octanol–water partition coefficient (Wildman–Crippen LogP) is 0.108. The van der Waals surface area contributed by atoms with E-state index in [0.29, 0.717) is 5.75 Å². The van der Waals surface area contributed by atoms with Gasteiger partial charge in [-0.05, 0) is 31.2 Å². The minimum Gasteiger partial charge on any atom is -0.497 e. The Kier molecular flexibility index (Phi) is 4.69. The SMILES string of the molecule is CNC(=O)[C@H](C)NS(=O)(=O)c1ccc(OC)cc1. The molecule has 0 radical (unpaired) electrons. The summed E-state index contributed by atoms with van der Waals surface area (Å²) in [6.45, 7) is 1.47. The zero-order chi connectivity index (χ0) is 13.8. The van der Waals surface area contributed by atoms with E-state index in [9.17, 15) is 13.2 Å². The van der Waals surface area contributed by atoms with Gasteiger partial charge in [0.05, 0.1) is 18.0 Å². The van der Waals surface area contributed by atoms with E-state index in [0.717, 1.165) is 0 Å². The van der Waals surface area contributed by atoms with Crippen LogP contribution in [0.3, 0.4) is 0 Å². The quantitative estimate of drug-likeness (QED) is 0.796. The first-order valence-corrected chi connectivity index (χ1v) is 6.77. The average molecular weight is 272 g/mol. The summed E-state index contributed by atoms with van der Waals surface area (Å²) in [5, 5.41) is 2.37. The fourth-order valence-corrected chi connectivity index (χ4v) is 2.53. The van der Waals surface area contributed by atoms with Crippen LogP contribution in [-0.4, -0.2) is 34.5 Å². The van der Waals surface area contributed by atoms with Gasteiger partial charge >= 0.3 is 0 Å². The monoisotopic (exact) mass is 272 g/mol. The maximum absolute atomic E-state index is 11.9. The summed E-state index contributed by atoms with van der Waals surface area (Å²) in [5.74, 6) is 0.167. The first kappa shape index (κ1) is 14.5. The second kappa shape index (κ2) is 5.83. The molecule has 0 heterocycles. The van der Waals surface area contributed by atoms with Gasteiger partial charge in [-0.25, -0.2) is 8.42 Å². The van der Waals surface area contributed by atoms with E-state index in [1.54, 1.807) is 12.1 Å². The van der Waals surface area contributed by atoms with Crippen molar-refractivity contribution >= 4 is 15.9 Å². The lowest BCUT2D eigenvalue weighted by Crippen LogP contribution is -2.43. The van der Waals surface area contributed by atoms with Crippen LogP contribution < -0.4 is 14.8 Å². The van der Waals surface area contributed by atoms with Crippen molar-refractivity contribution in [2.75, 3.05) is 14.2 Å². The molecule has 1 rings (SSSR count). The van der Waals surface area contributed by atoms with Crippen LogP contribution in [0.1, 0.15) is 6.92 Å². The number of hydrogen-bond acceptors (Lipinski definition) is 4. The average Bonchev–Trinajstić information content (AvgIpc) is 2.37. The number of benzene rings is 1. The van der Waals surface area contributed by atoms with Crippen molar-refractivity contribution in [3.8, 4) is 5.75 Å². The third-order valence-electron chi connectivity index (χ3n) is 2.34. The molecule has 1 aromatic rings. The van der Waals surface area contributed by atoms with Gasteiger partial charge in [0.2, 0.25) is 15.9 Å².